The SMILES string of the molecule is COCCOCCCn1cc(CNC(C)C)cn1. The Hall–Kier alpha value is -0.910. The minimum atomic E-state index is 0.502. The highest BCUT2D eigenvalue weighted by atomic mass is 16.5. The van der Waals surface area contributed by atoms with E-state index in [1.165, 1.54) is 5.56 Å². The summed E-state index contributed by atoms with van der Waals surface area (Å²) in [5.41, 5.74) is 1.23. The topological polar surface area (TPSA) is 48.3 Å². The van der Waals surface area contributed by atoms with Gasteiger partial charge in [-0.05, 0) is 6.42 Å². The van der Waals surface area contributed by atoms with Gasteiger partial charge in [0.05, 0.1) is 19.4 Å². The van der Waals surface area contributed by atoms with Crippen LogP contribution in [0.3, 0.4) is 0 Å². The van der Waals surface area contributed by atoms with E-state index in [-0.39, 0.29) is 0 Å². The van der Waals surface area contributed by atoms with Gasteiger partial charge in [-0.1, -0.05) is 13.8 Å². The van der Waals surface area contributed by atoms with Gasteiger partial charge in [0.25, 0.3) is 0 Å². The lowest BCUT2D eigenvalue weighted by Crippen LogP contribution is -2.21. The molecule has 0 aliphatic heterocycles. The van der Waals surface area contributed by atoms with E-state index in [1.807, 2.05) is 10.9 Å². The summed E-state index contributed by atoms with van der Waals surface area (Å²) < 4.78 is 12.3. The third-order valence-electron chi connectivity index (χ3n) is 2.51. The largest absolute Gasteiger partial charge is 0.382 e. The fourth-order valence-electron chi connectivity index (χ4n) is 1.51. The number of aryl methyl sites for hydroxylation is 1. The van der Waals surface area contributed by atoms with E-state index >= 15 is 0 Å². The Morgan fingerprint density at radius 2 is 2.17 bits per heavy atom. The normalized spacial score (nSPS) is 11.3. The third-order valence-corrected chi connectivity index (χ3v) is 2.51. The molecule has 0 unspecified atom stereocenters. The number of hydrogen-bond acceptors (Lipinski definition) is 4. The molecule has 1 rings (SSSR count). The summed E-state index contributed by atoms with van der Waals surface area (Å²) in [6.07, 6.45) is 4.98. The van der Waals surface area contributed by atoms with Crippen molar-refractivity contribution in [3.05, 3.63) is 18.0 Å². The highest BCUT2D eigenvalue weighted by molar-refractivity contribution is 5.03. The Morgan fingerprint density at radius 1 is 1.33 bits per heavy atom. The monoisotopic (exact) mass is 255 g/mol. The molecule has 18 heavy (non-hydrogen) atoms. The predicted molar refractivity (Wildman–Crippen MR) is 71.5 cm³/mol. The van der Waals surface area contributed by atoms with Crippen molar-refractivity contribution in [2.24, 2.45) is 0 Å². The van der Waals surface area contributed by atoms with Crippen molar-refractivity contribution in [2.75, 3.05) is 26.9 Å². The molecule has 1 heterocycles. The van der Waals surface area contributed by atoms with Crippen LogP contribution in [0.25, 0.3) is 0 Å². The average molecular weight is 255 g/mol. The van der Waals surface area contributed by atoms with Crippen molar-refractivity contribution >= 4 is 0 Å². The standard InChI is InChI=1S/C13H25N3O2/c1-12(2)14-9-13-10-15-16(11-13)5-4-6-18-8-7-17-3/h10-12,14H,4-9H2,1-3H3. The molecule has 0 atom stereocenters. The summed E-state index contributed by atoms with van der Waals surface area (Å²) in [4.78, 5) is 0. The molecule has 5 nitrogen and oxygen atoms in total. The second-order valence-corrected chi connectivity index (χ2v) is 4.61. The van der Waals surface area contributed by atoms with Crippen LogP contribution < -0.4 is 5.32 Å². The van der Waals surface area contributed by atoms with Gasteiger partial charge in [0.15, 0.2) is 0 Å². The summed E-state index contributed by atoms with van der Waals surface area (Å²) in [7, 11) is 1.68. The molecule has 5 heteroatoms. The lowest BCUT2D eigenvalue weighted by molar-refractivity contribution is 0.0677. The van der Waals surface area contributed by atoms with E-state index < -0.39 is 0 Å². The average Bonchev–Trinajstić information content (AvgIpc) is 2.79. The zero-order chi connectivity index (χ0) is 13.2. The molecule has 0 aromatic carbocycles. The van der Waals surface area contributed by atoms with Gasteiger partial charge in [-0.2, -0.15) is 5.10 Å². The molecular weight excluding hydrogens is 230 g/mol. The fourth-order valence-corrected chi connectivity index (χ4v) is 1.51. The molecule has 0 saturated heterocycles. The van der Waals surface area contributed by atoms with Crippen molar-refractivity contribution in [3.8, 4) is 0 Å². The van der Waals surface area contributed by atoms with Gasteiger partial charge in [-0.25, -0.2) is 0 Å². The van der Waals surface area contributed by atoms with Crippen LogP contribution in [0, 0.1) is 0 Å². The Kier molecular flexibility index (Phi) is 7.64. The van der Waals surface area contributed by atoms with E-state index in [1.54, 1.807) is 7.11 Å². The third kappa shape index (κ3) is 6.74. The minimum absolute atomic E-state index is 0.502. The quantitative estimate of drug-likeness (QED) is 0.643. The van der Waals surface area contributed by atoms with E-state index in [0.717, 1.165) is 26.1 Å². The summed E-state index contributed by atoms with van der Waals surface area (Å²) in [5, 5.41) is 7.70. The van der Waals surface area contributed by atoms with Crippen LogP contribution in [0.1, 0.15) is 25.8 Å². The molecule has 0 amide bonds. The van der Waals surface area contributed by atoms with Gasteiger partial charge in [0, 0.05) is 44.6 Å². The van der Waals surface area contributed by atoms with Crippen LogP contribution in [0.15, 0.2) is 12.4 Å². The maximum atomic E-state index is 5.40. The molecule has 0 bridgehead atoms. The lowest BCUT2D eigenvalue weighted by atomic mass is 10.3. The van der Waals surface area contributed by atoms with Gasteiger partial charge in [0.2, 0.25) is 0 Å². The van der Waals surface area contributed by atoms with Crippen LogP contribution in [-0.4, -0.2) is 42.8 Å². The van der Waals surface area contributed by atoms with Gasteiger partial charge in [0.1, 0.15) is 0 Å². The number of rotatable bonds is 10. The van der Waals surface area contributed by atoms with E-state index in [2.05, 4.69) is 30.5 Å². The highest BCUT2D eigenvalue weighted by Gasteiger charge is 1.99. The van der Waals surface area contributed by atoms with Crippen LogP contribution >= 0.6 is 0 Å². The first kappa shape index (κ1) is 15.1. The second-order valence-electron chi connectivity index (χ2n) is 4.61. The minimum Gasteiger partial charge on any atom is -0.382 e. The summed E-state index contributed by atoms with van der Waals surface area (Å²) >= 11 is 0. The van der Waals surface area contributed by atoms with E-state index in [4.69, 9.17) is 9.47 Å². The maximum Gasteiger partial charge on any atom is 0.0700 e. The molecule has 1 aromatic heterocycles. The van der Waals surface area contributed by atoms with Crippen LogP contribution in [-0.2, 0) is 22.6 Å². The molecule has 0 saturated carbocycles. The molecule has 0 spiro atoms. The van der Waals surface area contributed by atoms with Gasteiger partial charge in [-0.3, -0.25) is 4.68 Å². The second kappa shape index (κ2) is 9.08. The van der Waals surface area contributed by atoms with Crippen molar-refractivity contribution < 1.29 is 9.47 Å². The molecule has 0 aliphatic carbocycles. The van der Waals surface area contributed by atoms with Crippen LogP contribution in [0.2, 0.25) is 0 Å². The first-order valence-corrected chi connectivity index (χ1v) is 6.53. The van der Waals surface area contributed by atoms with Crippen molar-refractivity contribution in [1.82, 2.24) is 15.1 Å². The Morgan fingerprint density at radius 3 is 2.89 bits per heavy atom. The Bertz CT molecular complexity index is 313. The summed E-state index contributed by atoms with van der Waals surface area (Å²) in [6, 6.07) is 0.502. The molecule has 0 radical (unpaired) electrons. The molecule has 0 fully saturated rings. The number of hydrogen-bond donors (Lipinski definition) is 1. The highest BCUT2D eigenvalue weighted by Crippen LogP contribution is 1.99. The first-order chi connectivity index (χ1) is 8.72. The van der Waals surface area contributed by atoms with E-state index in [0.29, 0.717) is 19.3 Å². The zero-order valence-corrected chi connectivity index (χ0v) is 11.7. The van der Waals surface area contributed by atoms with Gasteiger partial charge >= 0.3 is 0 Å². The lowest BCUT2D eigenvalue weighted by Gasteiger charge is -2.05. The zero-order valence-electron chi connectivity index (χ0n) is 11.7. The van der Waals surface area contributed by atoms with Crippen molar-refractivity contribution in [3.63, 3.8) is 0 Å². The van der Waals surface area contributed by atoms with Crippen LogP contribution in [0.4, 0.5) is 0 Å². The van der Waals surface area contributed by atoms with Gasteiger partial charge in [-0.15, -0.1) is 0 Å². The van der Waals surface area contributed by atoms with Crippen molar-refractivity contribution in [2.45, 2.75) is 39.4 Å². The Labute approximate surface area is 109 Å². The Balaban J connectivity index is 2.11. The maximum absolute atomic E-state index is 5.40. The van der Waals surface area contributed by atoms with Crippen LogP contribution in [0.5, 0.6) is 0 Å². The first-order valence-electron chi connectivity index (χ1n) is 6.53. The molecular formula is C13H25N3O2. The molecule has 1 aromatic rings. The fraction of sp³-hybridized carbons (Fsp3) is 0.769. The summed E-state index contributed by atoms with van der Waals surface area (Å²) in [5.74, 6) is 0. The molecule has 0 aliphatic rings. The number of methoxy groups -OCH3 is 1. The summed E-state index contributed by atoms with van der Waals surface area (Å²) in [6.45, 7) is 8.13. The number of aromatic nitrogens is 2. The number of nitrogens with one attached hydrogen (secondary N) is 1. The molecule has 104 valence electrons. The predicted octanol–water partition coefficient (Wildman–Crippen LogP) is 1.43. The van der Waals surface area contributed by atoms with Gasteiger partial charge < -0.3 is 14.8 Å². The van der Waals surface area contributed by atoms with Crippen molar-refractivity contribution in [1.29, 1.82) is 0 Å². The number of ether oxygens (including phenoxy) is 2. The molecule has 1 N–H and O–H groups in total. The van der Waals surface area contributed by atoms with E-state index in [9.17, 15) is 0 Å². The number of nitrogens with zero attached hydrogens (tertiary/aromatic N) is 2. The smallest absolute Gasteiger partial charge is 0.0700 e.